The molecule has 1 saturated heterocycles. The second-order valence-electron chi connectivity index (χ2n) is 5.74. The summed E-state index contributed by atoms with van der Waals surface area (Å²) in [6.07, 6.45) is 3.52. The molecule has 0 unspecified atom stereocenters. The van der Waals surface area contributed by atoms with Crippen LogP contribution in [0.5, 0.6) is 11.6 Å². The summed E-state index contributed by atoms with van der Waals surface area (Å²) >= 11 is 0. The number of carbonyl (C=O) groups is 1. The van der Waals surface area contributed by atoms with Gasteiger partial charge >= 0.3 is 0 Å². The van der Waals surface area contributed by atoms with Crippen LogP contribution in [0.1, 0.15) is 52.0 Å². The fourth-order valence-electron chi connectivity index (χ4n) is 2.55. The number of benzene rings is 1. The monoisotopic (exact) mass is 346 g/mol. The van der Waals surface area contributed by atoms with Gasteiger partial charge in [-0.2, -0.15) is 0 Å². The molecule has 1 amide bonds. The minimum Gasteiger partial charge on any atom is -0.496 e. The molecule has 5 heteroatoms. The zero-order chi connectivity index (χ0) is 18.8. The van der Waals surface area contributed by atoms with E-state index in [0.717, 1.165) is 35.9 Å². The van der Waals surface area contributed by atoms with Crippen molar-refractivity contribution in [2.75, 3.05) is 20.8 Å². The highest BCUT2D eigenvalue weighted by atomic mass is 16.5. The van der Waals surface area contributed by atoms with Gasteiger partial charge in [-0.3, -0.25) is 4.79 Å². The first kappa shape index (κ1) is 20.7. The van der Waals surface area contributed by atoms with Gasteiger partial charge in [0.05, 0.1) is 14.2 Å². The summed E-state index contributed by atoms with van der Waals surface area (Å²) in [5.41, 5.74) is 1.20. The van der Waals surface area contributed by atoms with E-state index in [-0.39, 0.29) is 5.91 Å². The van der Waals surface area contributed by atoms with E-state index in [1.54, 1.807) is 20.4 Å². The van der Waals surface area contributed by atoms with Crippen molar-refractivity contribution in [3.63, 3.8) is 0 Å². The van der Waals surface area contributed by atoms with E-state index in [1.807, 2.05) is 26.0 Å². The molecule has 0 atom stereocenters. The predicted molar refractivity (Wildman–Crippen MR) is 103 cm³/mol. The first-order valence-corrected chi connectivity index (χ1v) is 8.84. The van der Waals surface area contributed by atoms with Gasteiger partial charge in [0, 0.05) is 24.5 Å². The number of nitrogens with zero attached hydrogens (tertiary/aromatic N) is 1. The molecule has 0 saturated carbocycles. The first-order chi connectivity index (χ1) is 12.1. The van der Waals surface area contributed by atoms with E-state index in [4.69, 9.17) is 9.47 Å². The molecular formula is C20H30N2O3. The van der Waals surface area contributed by atoms with Crippen molar-refractivity contribution in [1.82, 2.24) is 10.3 Å². The van der Waals surface area contributed by atoms with E-state index < -0.39 is 0 Å². The molecule has 2 aromatic rings. The van der Waals surface area contributed by atoms with Crippen molar-refractivity contribution in [1.29, 1.82) is 0 Å². The van der Waals surface area contributed by atoms with Crippen LogP contribution >= 0.6 is 0 Å². The normalized spacial score (nSPS) is 12.7. The van der Waals surface area contributed by atoms with Gasteiger partial charge in [-0.05, 0) is 41.5 Å². The Bertz CT molecular complexity index is 676. The topological polar surface area (TPSA) is 60.5 Å². The molecule has 1 aliphatic heterocycles. The summed E-state index contributed by atoms with van der Waals surface area (Å²) in [5.74, 6) is 2.15. The van der Waals surface area contributed by atoms with Gasteiger partial charge in [-0.1, -0.05) is 27.7 Å². The number of carbonyl (C=O) groups excluding carboxylic acids is 1. The van der Waals surface area contributed by atoms with Crippen molar-refractivity contribution in [3.05, 3.63) is 30.0 Å². The van der Waals surface area contributed by atoms with E-state index in [2.05, 4.69) is 30.2 Å². The van der Waals surface area contributed by atoms with Gasteiger partial charge in [-0.15, -0.1) is 0 Å². The van der Waals surface area contributed by atoms with Gasteiger partial charge in [0.15, 0.2) is 0 Å². The quantitative estimate of drug-likeness (QED) is 0.900. The number of hydrogen-bond acceptors (Lipinski definition) is 4. The zero-order valence-corrected chi connectivity index (χ0v) is 16.2. The molecule has 1 aromatic heterocycles. The lowest BCUT2D eigenvalue weighted by molar-refractivity contribution is -0.119. The largest absolute Gasteiger partial charge is 0.496 e. The lowest BCUT2D eigenvalue weighted by Crippen LogP contribution is -2.12. The van der Waals surface area contributed by atoms with Crippen molar-refractivity contribution in [2.24, 2.45) is 0 Å². The number of fused-ring (bicyclic) bond motifs is 1. The molecule has 0 aliphatic carbocycles. The van der Waals surface area contributed by atoms with E-state index >= 15 is 0 Å². The maximum Gasteiger partial charge on any atom is 0.221 e. The number of ether oxygens (including phenoxy) is 2. The third-order valence-corrected chi connectivity index (χ3v) is 3.80. The van der Waals surface area contributed by atoms with Gasteiger partial charge in [0.25, 0.3) is 0 Å². The van der Waals surface area contributed by atoms with Crippen LogP contribution in [-0.4, -0.2) is 31.7 Å². The fourth-order valence-corrected chi connectivity index (χ4v) is 2.55. The Balaban J connectivity index is 0.000000326. The number of hydrogen-bond donors (Lipinski definition) is 1. The lowest BCUT2D eigenvalue weighted by Gasteiger charge is -2.14. The number of rotatable bonds is 3. The molecule has 1 N–H and O–H groups in total. The number of aromatic nitrogens is 1. The molecule has 5 nitrogen and oxygen atoms in total. The average molecular weight is 346 g/mol. The Kier molecular flexibility index (Phi) is 8.75. The SMILES string of the molecule is CC.COc1cc2c(OC)nccc2cc1C(C)C.O=C1CCCN1. The van der Waals surface area contributed by atoms with Crippen molar-refractivity contribution in [2.45, 2.75) is 46.5 Å². The number of pyridine rings is 1. The summed E-state index contributed by atoms with van der Waals surface area (Å²) in [5, 5.41) is 4.79. The molecule has 1 aliphatic rings. The van der Waals surface area contributed by atoms with Gasteiger partial charge in [0.1, 0.15) is 5.75 Å². The number of amides is 1. The highest BCUT2D eigenvalue weighted by molar-refractivity contribution is 5.89. The van der Waals surface area contributed by atoms with Crippen LogP contribution in [0.15, 0.2) is 24.4 Å². The summed E-state index contributed by atoms with van der Waals surface area (Å²) in [4.78, 5) is 14.3. The van der Waals surface area contributed by atoms with Gasteiger partial charge in [0.2, 0.25) is 11.8 Å². The van der Waals surface area contributed by atoms with Crippen LogP contribution in [-0.2, 0) is 4.79 Å². The fraction of sp³-hybridized carbons (Fsp3) is 0.500. The first-order valence-electron chi connectivity index (χ1n) is 8.84. The maximum atomic E-state index is 10.1. The Morgan fingerprint density at radius 2 is 1.88 bits per heavy atom. The van der Waals surface area contributed by atoms with Crippen LogP contribution in [0.3, 0.4) is 0 Å². The standard InChI is InChI=1S/C14H17NO2.C4H7NO.C2H6/c1-9(2)11-7-10-5-6-15-14(17-4)12(10)8-13(11)16-3;6-4-2-1-3-5-4;1-2/h5-9H,1-4H3;1-3H2,(H,5,6);1-2H3. The predicted octanol–water partition coefficient (Wildman–Crippen LogP) is 4.30. The second-order valence-corrected chi connectivity index (χ2v) is 5.74. The van der Waals surface area contributed by atoms with Gasteiger partial charge in [-0.25, -0.2) is 4.98 Å². The van der Waals surface area contributed by atoms with E-state index in [1.165, 1.54) is 5.56 Å². The maximum absolute atomic E-state index is 10.1. The molecule has 0 radical (unpaired) electrons. The Labute approximate surface area is 150 Å². The van der Waals surface area contributed by atoms with Gasteiger partial charge < -0.3 is 14.8 Å². The smallest absolute Gasteiger partial charge is 0.221 e. The van der Waals surface area contributed by atoms with Crippen LogP contribution in [0, 0.1) is 0 Å². The summed E-state index contributed by atoms with van der Waals surface area (Å²) in [6.45, 7) is 9.20. The van der Waals surface area contributed by atoms with Crippen LogP contribution < -0.4 is 14.8 Å². The summed E-state index contributed by atoms with van der Waals surface area (Å²) in [7, 11) is 3.32. The van der Waals surface area contributed by atoms with Crippen molar-refractivity contribution in [3.8, 4) is 11.6 Å². The molecule has 3 rings (SSSR count). The van der Waals surface area contributed by atoms with Crippen LogP contribution in [0.25, 0.3) is 10.8 Å². The number of methoxy groups -OCH3 is 2. The Morgan fingerprint density at radius 3 is 2.32 bits per heavy atom. The molecule has 0 spiro atoms. The van der Waals surface area contributed by atoms with Crippen LogP contribution in [0.4, 0.5) is 0 Å². The second kappa shape index (κ2) is 10.5. The Morgan fingerprint density at radius 1 is 1.16 bits per heavy atom. The molecule has 2 heterocycles. The highest BCUT2D eigenvalue weighted by Crippen LogP contribution is 2.34. The minimum atomic E-state index is 0.204. The highest BCUT2D eigenvalue weighted by Gasteiger charge is 2.11. The summed E-state index contributed by atoms with van der Waals surface area (Å²) in [6, 6.07) is 6.13. The van der Waals surface area contributed by atoms with Crippen molar-refractivity contribution < 1.29 is 14.3 Å². The minimum absolute atomic E-state index is 0.204. The average Bonchev–Trinajstić information content (AvgIpc) is 3.13. The zero-order valence-electron chi connectivity index (χ0n) is 16.2. The van der Waals surface area contributed by atoms with Crippen LogP contribution in [0.2, 0.25) is 0 Å². The Hall–Kier alpha value is -2.30. The number of nitrogens with one attached hydrogen (secondary N) is 1. The molecule has 0 bridgehead atoms. The molecule has 1 aromatic carbocycles. The third kappa shape index (κ3) is 5.62. The lowest BCUT2D eigenvalue weighted by atomic mass is 9.98. The molecular weight excluding hydrogens is 316 g/mol. The third-order valence-electron chi connectivity index (χ3n) is 3.80. The van der Waals surface area contributed by atoms with E-state index in [0.29, 0.717) is 11.8 Å². The van der Waals surface area contributed by atoms with E-state index in [9.17, 15) is 4.79 Å². The molecule has 138 valence electrons. The van der Waals surface area contributed by atoms with Crippen molar-refractivity contribution >= 4 is 16.7 Å². The molecule has 1 fully saturated rings. The molecule has 25 heavy (non-hydrogen) atoms. The summed E-state index contributed by atoms with van der Waals surface area (Å²) < 4.78 is 10.7.